The van der Waals surface area contributed by atoms with Gasteiger partial charge in [0.05, 0.1) is 0 Å². The van der Waals surface area contributed by atoms with Gasteiger partial charge in [0.15, 0.2) is 0 Å². The largest absolute Gasteiger partial charge is 0.399 e. The fourth-order valence-corrected chi connectivity index (χ4v) is 2.77. The molecule has 1 aromatic carbocycles. The van der Waals surface area contributed by atoms with Crippen molar-refractivity contribution in [2.45, 2.75) is 38.6 Å². The first-order valence-electron chi connectivity index (χ1n) is 7.44. The van der Waals surface area contributed by atoms with E-state index in [0.29, 0.717) is 19.4 Å². The highest BCUT2D eigenvalue weighted by molar-refractivity contribution is 5.85. The van der Waals surface area contributed by atoms with Gasteiger partial charge in [-0.15, -0.1) is 12.4 Å². The van der Waals surface area contributed by atoms with Crippen LogP contribution in [0.15, 0.2) is 24.3 Å². The third-order valence-electron chi connectivity index (χ3n) is 3.84. The summed E-state index contributed by atoms with van der Waals surface area (Å²) < 4.78 is 0. The van der Waals surface area contributed by atoms with Crippen LogP contribution in [0.4, 0.5) is 5.69 Å². The number of piperidine rings is 1. The molecule has 22 heavy (non-hydrogen) atoms. The molecule has 2 amide bonds. The van der Waals surface area contributed by atoms with Crippen molar-refractivity contribution in [1.82, 2.24) is 10.2 Å². The van der Waals surface area contributed by atoms with Crippen molar-refractivity contribution in [3.8, 4) is 0 Å². The minimum absolute atomic E-state index is 0. The maximum absolute atomic E-state index is 12.3. The number of likely N-dealkylation sites (tertiary alicyclic amines) is 1. The lowest BCUT2D eigenvalue weighted by atomic mass is 10.0. The van der Waals surface area contributed by atoms with Gasteiger partial charge < -0.3 is 16.0 Å². The summed E-state index contributed by atoms with van der Waals surface area (Å²) in [5, 5.41) is 2.90. The van der Waals surface area contributed by atoms with Crippen LogP contribution in [-0.2, 0) is 16.0 Å². The van der Waals surface area contributed by atoms with Crippen molar-refractivity contribution in [2.24, 2.45) is 0 Å². The Morgan fingerprint density at radius 1 is 1.36 bits per heavy atom. The van der Waals surface area contributed by atoms with Crippen molar-refractivity contribution >= 4 is 29.9 Å². The molecule has 0 aromatic heterocycles. The molecule has 0 spiro atoms. The maximum atomic E-state index is 12.3. The first kappa shape index (κ1) is 18.3. The smallest absolute Gasteiger partial charge is 0.222 e. The van der Waals surface area contributed by atoms with E-state index in [-0.39, 0.29) is 30.3 Å². The number of nitrogens with two attached hydrogens (primary N) is 1. The molecule has 122 valence electrons. The average Bonchev–Trinajstić information content (AvgIpc) is 2.45. The molecule has 1 saturated heterocycles. The molecule has 0 bridgehead atoms. The predicted octanol–water partition coefficient (Wildman–Crippen LogP) is 1.75. The second-order valence-corrected chi connectivity index (χ2v) is 5.58. The lowest BCUT2D eigenvalue weighted by molar-refractivity contribution is -0.133. The first-order valence-corrected chi connectivity index (χ1v) is 7.44. The van der Waals surface area contributed by atoms with Gasteiger partial charge in [-0.2, -0.15) is 0 Å². The number of rotatable bonds is 4. The average molecular weight is 326 g/mol. The summed E-state index contributed by atoms with van der Waals surface area (Å²) in [5.74, 6) is 0.0969. The number of halogens is 1. The minimum Gasteiger partial charge on any atom is -0.399 e. The number of para-hydroxylation sites is 1. The molecule has 1 heterocycles. The molecular weight excluding hydrogens is 302 g/mol. The van der Waals surface area contributed by atoms with Gasteiger partial charge in [0.1, 0.15) is 0 Å². The Kier molecular flexibility index (Phi) is 7.18. The lowest BCUT2D eigenvalue weighted by Gasteiger charge is -2.33. The van der Waals surface area contributed by atoms with Crippen LogP contribution in [0.1, 0.15) is 31.7 Å². The van der Waals surface area contributed by atoms with E-state index in [1.165, 1.54) is 6.92 Å². The number of nitrogens with one attached hydrogen (secondary N) is 1. The third kappa shape index (κ3) is 5.22. The first-order chi connectivity index (χ1) is 10.1. The summed E-state index contributed by atoms with van der Waals surface area (Å²) in [4.78, 5) is 25.2. The molecule has 0 radical (unpaired) electrons. The standard InChI is InChI=1S/C16H23N3O2.ClH/c1-12(20)18-14-6-4-10-19(11-14)16(21)9-8-13-5-2-3-7-15(13)17;/h2-3,5,7,14H,4,6,8-11,17H2,1H3,(H,18,20);1H. The molecule has 5 nitrogen and oxygen atoms in total. The van der Waals surface area contributed by atoms with E-state index in [2.05, 4.69) is 5.32 Å². The van der Waals surface area contributed by atoms with Crippen LogP contribution >= 0.6 is 12.4 Å². The number of carbonyl (C=O) groups excluding carboxylic acids is 2. The molecule has 0 aliphatic carbocycles. The van der Waals surface area contributed by atoms with Gasteiger partial charge in [-0.25, -0.2) is 0 Å². The highest BCUT2D eigenvalue weighted by atomic mass is 35.5. The normalized spacial score (nSPS) is 17.5. The Bertz CT molecular complexity index is 522. The molecule has 2 rings (SSSR count). The summed E-state index contributed by atoms with van der Waals surface area (Å²) >= 11 is 0. The Balaban J connectivity index is 0.00000242. The van der Waals surface area contributed by atoms with Gasteiger partial charge >= 0.3 is 0 Å². The number of hydrogen-bond acceptors (Lipinski definition) is 3. The monoisotopic (exact) mass is 325 g/mol. The van der Waals surface area contributed by atoms with Crippen LogP contribution in [0.25, 0.3) is 0 Å². The number of carbonyl (C=O) groups is 2. The van der Waals surface area contributed by atoms with Gasteiger partial charge in [0.2, 0.25) is 11.8 Å². The van der Waals surface area contributed by atoms with Gasteiger partial charge in [-0.05, 0) is 30.9 Å². The summed E-state index contributed by atoms with van der Waals surface area (Å²) in [7, 11) is 0. The number of anilines is 1. The number of hydrogen-bond donors (Lipinski definition) is 2. The van der Waals surface area contributed by atoms with Gasteiger partial charge in [0.25, 0.3) is 0 Å². The van der Waals surface area contributed by atoms with Crippen LogP contribution in [0.5, 0.6) is 0 Å². The molecule has 1 aliphatic rings. The number of nitrogens with zero attached hydrogens (tertiary/aromatic N) is 1. The summed E-state index contributed by atoms with van der Waals surface area (Å²) in [6, 6.07) is 7.72. The minimum atomic E-state index is -0.0358. The molecule has 1 atom stereocenters. The van der Waals surface area contributed by atoms with E-state index in [9.17, 15) is 9.59 Å². The van der Waals surface area contributed by atoms with Gasteiger partial charge in [-0.3, -0.25) is 9.59 Å². The quantitative estimate of drug-likeness (QED) is 0.828. The number of aryl methyl sites for hydroxylation is 1. The SMILES string of the molecule is CC(=O)NC1CCCN(C(=O)CCc2ccccc2N)C1.Cl. The van der Waals surface area contributed by atoms with E-state index in [4.69, 9.17) is 5.73 Å². The fourth-order valence-electron chi connectivity index (χ4n) is 2.77. The zero-order valence-corrected chi connectivity index (χ0v) is 13.7. The topological polar surface area (TPSA) is 75.4 Å². The van der Waals surface area contributed by atoms with Crippen LogP contribution in [0.2, 0.25) is 0 Å². The number of benzene rings is 1. The summed E-state index contributed by atoms with van der Waals surface area (Å²) in [6.45, 7) is 2.90. The highest BCUT2D eigenvalue weighted by Gasteiger charge is 2.23. The van der Waals surface area contributed by atoms with Crippen molar-refractivity contribution in [1.29, 1.82) is 0 Å². The van der Waals surface area contributed by atoms with Crippen molar-refractivity contribution in [3.05, 3.63) is 29.8 Å². The van der Waals surface area contributed by atoms with E-state index >= 15 is 0 Å². The lowest BCUT2D eigenvalue weighted by Crippen LogP contribution is -2.49. The van der Waals surface area contributed by atoms with E-state index < -0.39 is 0 Å². The van der Waals surface area contributed by atoms with Crippen molar-refractivity contribution in [3.63, 3.8) is 0 Å². The molecule has 1 fully saturated rings. The van der Waals surface area contributed by atoms with Crippen molar-refractivity contribution < 1.29 is 9.59 Å². The van der Waals surface area contributed by atoms with Crippen molar-refractivity contribution in [2.75, 3.05) is 18.8 Å². The Morgan fingerprint density at radius 2 is 2.09 bits per heavy atom. The predicted molar refractivity (Wildman–Crippen MR) is 89.8 cm³/mol. The maximum Gasteiger partial charge on any atom is 0.222 e. The second-order valence-electron chi connectivity index (χ2n) is 5.58. The van der Waals surface area contributed by atoms with Crippen LogP contribution < -0.4 is 11.1 Å². The molecular formula is C16H24ClN3O2. The summed E-state index contributed by atoms with van der Waals surface area (Å²) in [6.07, 6.45) is 2.99. The Labute approximate surface area is 137 Å². The second kappa shape index (κ2) is 8.63. The van der Waals surface area contributed by atoms with E-state index in [1.54, 1.807) is 0 Å². The Hall–Kier alpha value is -1.75. The number of nitrogen functional groups attached to an aromatic ring is 1. The van der Waals surface area contributed by atoms with Crippen LogP contribution in [0.3, 0.4) is 0 Å². The summed E-state index contributed by atoms with van der Waals surface area (Å²) in [5.41, 5.74) is 7.64. The van der Waals surface area contributed by atoms with Gasteiger partial charge in [-0.1, -0.05) is 18.2 Å². The molecule has 1 aromatic rings. The zero-order valence-electron chi connectivity index (χ0n) is 12.9. The highest BCUT2D eigenvalue weighted by Crippen LogP contribution is 2.15. The third-order valence-corrected chi connectivity index (χ3v) is 3.84. The molecule has 0 saturated carbocycles. The van der Waals surface area contributed by atoms with E-state index in [0.717, 1.165) is 30.6 Å². The molecule has 1 aliphatic heterocycles. The van der Waals surface area contributed by atoms with Crippen LogP contribution in [0, 0.1) is 0 Å². The number of amides is 2. The fraction of sp³-hybridized carbons (Fsp3) is 0.500. The van der Waals surface area contributed by atoms with Crippen LogP contribution in [-0.4, -0.2) is 35.8 Å². The molecule has 1 unspecified atom stereocenters. The molecule has 3 N–H and O–H groups in total. The Morgan fingerprint density at radius 3 is 2.77 bits per heavy atom. The zero-order chi connectivity index (χ0) is 15.2. The molecule has 6 heteroatoms. The van der Waals surface area contributed by atoms with E-state index in [1.807, 2.05) is 29.2 Å². The van der Waals surface area contributed by atoms with Gasteiger partial charge in [0, 0.05) is 38.2 Å².